The molecule has 0 aromatic rings. The maximum absolute atomic E-state index is 14.8. The Morgan fingerprint density at radius 1 is 1.36 bits per heavy atom. The summed E-state index contributed by atoms with van der Waals surface area (Å²) < 4.78 is 28.8. The number of rotatable bonds is 3. The Kier molecular flexibility index (Phi) is 4.68. The van der Waals surface area contributed by atoms with Gasteiger partial charge in [0.1, 0.15) is 12.3 Å². The van der Waals surface area contributed by atoms with Crippen LogP contribution in [0.3, 0.4) is 0 Å². The van der Waals surface area contributed by atoms with Crippen molar-refractivity contribution in [2.45, 2.75) is 64.5 Å². The zero-order chi connectivity index (χ0) is 16.7. The number of alkyl halides is 2. The minimum Gasteiger partial charge on any atom is -0.293 e. The number of halogens is 2. The standard InChI is InChI=1S/C19H29F2N/c1-7-9-10-16-17-14(11-13(20)12-15(17)21)19(5,8-2)18(3,4)22(16)6/h7,9-11,13,15-17H,1,8,12H2,2-6H3/b10-9-/t13?,15-,16?,17?,19?/m1/s1. The van der Waals surface area contributed by atoms with E-state index in [1.807, 2.05) is 12.2 Å². The molecule has 0 aromatic carbocycles. The number of allylic oxidation sites excluding steroid dienone is 3. The Balaban J connectivity index is 2.62. The molecule has 22 heavy (non-hydrogen) atoms. The molecule has 1 saturated heterocycles. The minimum absolute atomic E-state index is 0.0271. The van der Waals surface area contributed by atoms with Crippen LogP contribution in [-0.2, 0) is 0 Å². The number of hydrogen-bond acceptors (Lipinski definition) is 1. The van der Waals surface area contributed by atoms with Crippen LogP contribution < -0.4 is 0 Å². The van der Waals surface area contributed by atoms with E-state index in [1.165, 1.54) is 0 Å². The smallest absolute Gasteiger partial charge is 0.121 e. The molecule has 0 saturated carbocycles. The first kappa shape index (κ1) is 17.4. The quantitative estimate of drug-likeness (QED) is 0.531. The predicted molar refractivity (Wildman–Crippen MR) is 89.3 cm³/mol. The lowest BCUT2D eigenvalue weighted by atomic mass is 9.55. The van der Waals surface area contributed by atoms with Crippen molar-refractivity contribution >= 4 is 0 Å². The molecule has 1 fully saturated rings. The van der Waals surface area contributed by atoms with E-state index < -0.39 is 12.3 Å². The zero-order valence-corrected chi connectivity index (χ0v) is 14.4. The van der Waals surface area contributed by atoms with Crippen molar-refractivity contribution in [2.24, 2.45) is 11.3 Å². The van der Waals surface area contributed by atoms with E-state index in [1.54, 1.807) is 12.2 Å². The van der Waals surface area contributed by atoms with Crippen molar-refractivity contribution in [3.63, 3.8) is 0 Å². The molecule has 0 bridgehead atoms. The average Bonchev–Trinajstić information content (AvgIpc) is 2.46. The maximum atomic E-state index is 14.8. The molecule has 0 aromatic heterocycles. The van der Waals surface area contributed by atoms with E-state index >= 15 is 0 Å². The molecule has 2 aliphatic rings. The monoisotopic (exact) mass is 309 g/mol. The lowest BCUT2D eigenvalue weighted by Crippen LogP contribution is -2.66. The molecule has 1 aliphatic carbocycles. The summed E-state index contributed by atoms with van der Waals surface area (Å²) in [4.78, 5) is 2.25. The van der Waals surface area contributed by atoms with Crippen LogP contribution in [0, 0.1) is 11.3 Å². The van der Waals surface area contributed by atoms with Crippen LogP contribution in [0.5, 0.6) is 0 Å². The summed E-state index contributed by atoms with van der Waals surface area (Å²) in [5.74, 6) is -0.272. The highest BCUT2D eigenvalue weighted by molar-refractivity contribution is 5.35. The van der Waals surface area contributed by atoms with Crippen LogP contribution in [0.15, 0.2) is 36.5 Å². The van der Waals surface area contributed by atoms with Crippen molar-refractivity contribution in [1.82, 2.24) is 4.90 Å². The van der Waals surface area contributed by atoms with Crippen molar-refractivity contribution in [1.29, 1.82) is 0 Å². The summed E-state index contributed by atoms with van der Waals surface area (Å²) in [5, 5.41) is 0. The van der Waals surface area contributed by atoms with Crippen LogP contribution in [0.25, 0.3) is 0 Å². The average molecular weight is 309 g/mol. The van der Waals surface area contributed by atoms with Gasteiger partial charge in [-0.2, -0.15) is 0 Å². The molecule has 3 heteroatoms. The highest BCUT2D eigenvalue weighted by Gasteiger charge is 2.57. The van der Waals surface area contributed by atoms with Crippen molar-refractivity contribution in [3.05, 3.63) is 36.5 Å². The van der Waals surface area contributed by atoms with Crippen LogP contribution in [0.1, 0.15) is 40.5 Å². The summed E-state index contributed by atoms with van der Waals surface area (Å²) >= 11 is 0. The van der Waals surface area contributed by atoms with Gasteiger partial charge in [0.2, 0.25) is 0 Å². The van der Waals surface area contributed by atoms with Gasteiger partial charge in [-0.15, -0.1) is 0 Å². The number of likely N-dealkylation sites (N-methyl/N-ethyl adjacent to an activating group) is 1. The van der Waals surface area contributed by atoms with E-state index in [4.69, 9.17) is 0 Å². The first-order chi connectivity index (χ1) is 10.2. The first-order valence-electron chi connectivity index (χ1n) is 8.23. The first-order valence-corrected chi connectivity index (χ1v) is 8.23. The molecule has 0 spiro atoms. The van der Waals surface area contributed by atoms with Crippen molar-refractivity contribution in [2.75, 3.05) is 7.05 Å². The lowest BCUT2D eigenvalue weighted by molar-refractivity contribution is -0.0572. The van der Waals surface area contributed by atoms with Gasteiger partial charge in [0.15, 0.2) is 0 Å². The molecule has 0 radical (unpaired) electrons. The van der Waals surface area contributed by atoms with E-state index in [0.717, 1.165) is 12.0 Å². The van der Waals surface area contributed by atoms with Gasteiger partial charge in [-0.25, -0.2) is 8.78 Å². The van der Waals surface area contributed by atoms with Crippen molar-refractivity contribution in [3.8, 4) is 0 Å². The van der Waals surface area contributed by atoms with Crippen LogP contribution in [0.2, 0.25) is 0 Å². The fourth-order valence-corrected chi connectivity index (χ4v) is 4.31. The Bertz CT molecular complexity index is 494. The SMILES string of the molecule is C=C/C=C\C1C2C(=CC(F)C[C@H]2F)C(C)(CC)C(C)(C)N1C. The van der Waals surface area contributed by atoms with E-state index in [0.29, 0.717) is 0 Å². The van der Waals surface area contributed by atoms with Crippen LogP contribution in [-0.4, -0.2) is 35.9 Å². The molecular formula is C19H29F2N. The second-order valence-electron chi connectivity index (χ2n) is 7.38. The molecule has 0 N–H and O–H groups in total. The Morgan fingerprint density at radius 3 is 2.55 bits per heavy atom. The van der Waals surface area contributed by atoms with Gasteiger partial charge in [0.05, 0.1) is 0 Å². The number of likely N-dealkylation sites (tertiary alicyclic amines) is 1. The maximum Gasteiger partial charge on any atom is 0.121 e. The van der Waals surface area contributed by atoms with Gasteiger partial charge >= 0.3 is 0 Å². The van der Waals surface area contributed by atoms with Gasteiger partial charge < -0.3 is 0 Å². The molecule has 4 unspecified atom stereocenters. The third-order valence-corrected chi connectivity index (χ3v) is 6.40. The number of fused-ring (bicyclic) bond motifs is 1. The Labute approximate surface area is 133 Å². The minimum atomic E-state index is -1.17. The molecule has 1 heterocycles. The summed E-state index contributed by atoms with van der Waals surface area (Å²) in [6.45, 7) is 12.3. The fourth-order valence-electron chi connectivity index (χ4n) is 4.31. The lowest BCUT2D eigenvalue weighted by Gasteiger charge is -2.62. The molecular weight excluding hydrogens is 280 g/mol. The number of piperidine rings is 1. The molecule has 1 nitrogen and oxygen atoms in total. The second kappa shape index (κ2) is 5.92. The summed E-state index contributed by atoms with van der Waals surface area (Å²) in [6, 6.07) is -0.0682. The normalized spacial score (nSPS) is 42.0. The van der Waals surface area contributed by atoms with Crippen LogP contribution >= 0.6 is 0 Å². The molecule has 5 atom stereocenters. The largest absolute Gasteiger partial charge is 0.293 e. The second-order valence-corrected chi connectivity index (χ2v) is 7.38. The van der Waals surface area contributed by atoms with E-state index in [2.05, 4.69) is 46.2 Å². The predicted octanol–water partition coefficient (Wildman–Crippen LogP) is 4.86. The van der Waals surface area contributed by atoms with Gasteiger partial charge in [0, 0.05) is 29.3 Å². The number of hydrogen-bond donors (Lipinski definition) is 0. The van der Waals surface area contributed by atoms with Crippen molar-refractivity contribution < 1.29 is 8.78 Å². The Hall–Kier alpha value is -0.960. The molecule has 2 rings (SSSR count). The van der Waals surface area contributed by atoms with Gasteiger partial charge in [-0.3, -0.25) is 4.90 Å². The summed E-state index contributed by atoms with van der Waals surface area (Å²) in [7, 11) is 2.05. The van der Waals surface area contributed by atoms with Gasteiger partial charge in [-0.05, 0) is 27.3 Å². The van der Waals surface area contributed by atoms with Crippen LogP contribution in [0.4, 0.5) is 8.78 Å². The van der Waals surface area contributed by atoms with E-state index in [-0.39, 0.29) is 29.3 Å². The molecule has 0 amide bonds. The highest BCUT2D eigenvalue weighted by atomic mass is 19.1. The molecule has 1 aliphatic heterocycles. The highest BCUT2D eigenvalue weighted by Crippen LogP contribution is 2.56. The fraction of sp³-hybridized carbons (Fsp3) is 0.684. The summed E-state index contributed by atoms with van der Waals surface area (Å²) in [6.07, 6.45) is 5.82. The molecule has 124 valence electrons. The zero-order valence-electron chi connectivity index (χ0n) is 14.4. The third-order valence-electron chi connectivity index (χ3n) is 6.40. The van der Waals surface area contributed by atoms with Gasteiger partial charge in [-0.1, -0.05) is 50.3 Å². The van der Waals surface area contributed by atoms with Gasteiger partial charge in [0.25, 0.3) is 0 Å². The Morgan fingerprint density at radius 2 is 2.00 bits per heavy atom. The number of nitrogens with zero attached hydrogens (tertiary/aromatic N) is 1. The third kappa shape index (κ3) is 2.38. The van der Waals surface area contributed by atoms with E-state index in [9.17, 15) is 8.78 Å². The topological polar surface area (TPSA) is 3.24 Å². The summed E-state index contributed by atoms with van der Waals surface area (Å²) in [5.41, 5.74) is 0.542.